The molecule has 0 atom stereocenters. The zero-order chi connectivity index (χ0) is 22.8. The summed E-state index contributed by atoms with van der Waals surface area (Å²) in [6, 6.07) is 10.1. The normalized spacial score (nSPS) is 15.9. The van der Waals surface area contributed by atoms with Crippen LogP contribution in [0.3, 0.4) is 0 Å². The summed E-state index contributed by atoms with van der Waals surface area (Å²) >= 11 is 12.8. The van der Waals surface area contributed by atoms with Gasteiger partial charge in [-0.15, -0.1) is 0 Å². The van der Waals surface area contributed by atoms with Crippen molar-refractivity contribution in [2.45, 2.75) is 13.1 Å². The summed E-state index contributed by atoms with van der Waals surface area (Å²) in [5.74, 6) is -2.00. The quantitative estimate of drug-likeness (QED) is 0.605. The molecule has 1 aliphatic heterocycles. The molecule has 31 heavy (non-hydrogen) atoms. The molecule has 1 N–H and O–H groups in total. The fourth-order valence-corrected chi connectivity index (χ4v) is 5.03. The number of rotatable bonds is 6. The van der Waals surface area contributed by atoms with Gasteiger partial charge in [-0.3, -0.25) is 4.72 Å². The van der Waals surface area contributed by atoms with Gasteiger partial charge in [0.05, 0.1) is 10.7 Å². The van der Waals surface area contributed by atoms with Crippen molar-refractivity contribution < 1.29 is 21.6 Å². The zero-order valence-corrected chi connectivity index (χ0v) is 19.0. The van der Waals surface area contributed by atoms with Crippen LogP contribution >= 0.6 is 23.2 Å². The minimum absolute atomic E-state index is 0.0187. The van der Waals surface area contributed by atoms with Crippen molar-refractivity contribution >= 4 is 44.6 Å². The maximum absolute atomic E-state index is 12.7. The lowest BCUT2D eigenvalue weighted by molar-refractivity contribution is -0.106. The van der Waals surface area contributed by atoms with E-state index in [0.717, 1.165) is 19.6 Å². The molecule has 0 aromatic heterocycles. The molecule has 0 spiro atoms. The van der Waals surface area contributed by atoms with E-state index in [1.807, 2.05) is 9.62 Å². The highest BCUT2D eigenvalue weighted by atomic mass is 35.5. The number of hydrogen-bond donors (Lipinski definition) is 1. The van der Waals surface area contributed by atoms with Gasteiger partial charge in [0, 0.05) is 48.0 Å². The van der Waals surface area contributed by atoms with Crippen LogP contribution < -0.4 is 9.62 Å². The first-order valence-electron chi connectivity index (χ1n) is 9.62. The average Bonchev–Trinajstić information content (AvgIpc) is 2.68. The summed E-state index contributed by atoms with van der Waals surface area (Å²) in [6.45, 7) is 5.99. The highest BCUT2D eigenvalue weighted by Crippen LogP contribution is 2.41. The summed E-state index contributed by atoms with van der Waals surface area (Å²) in [5, 5.41) is 0.372. The van der Waals surface area contributed by atoms with Crippen LogP contribution in [0.2, 0.25) is 10.0 Å². The standard InChI is InChI=1S/C20H22Cl2F3N3O2S/c1-2-27-7-9-28(10-8-27)14-11-16(15-5-3-4-6-17(15)21)19(22)18(12-14)26-31(29,30)13-20(23,24)25/h3-6,11-12,26H,2,7-10,13H2,1H3. The first kappa shape index (κ1) is 24.0. The van der Waals surface area contributed by atoms with Crippen LogP contribution in [0.1, 0.15) is 6.92 Å². The second kappa shape index (κ2) is 9.44. The van der Waals surface area contributed by atoms with Crippen LogP contribution in [0.4, 0.5) is 24.5 Å². The number of benzene rings is 2. The molecule has 0 radical (unpaired) electrons. The van der Waals surface area contributed by atoms with Crippen molar-refractivity contribution in [3.63, 3.8) is 0 Å². The Morgan fingerprint density at radius 2 is 1.68 bits per heavy atom. The summed E-state index contributed by atoms with van der Waals surface area (Å²) in [5.41, 5.74) is 1.53. The van der Waals surface area contributed by atoms with Crippen LogP contribution in [-0.4, -0.2) is 58.0 Å². The van der Waals surface area contributed by atoms with E-state index >= 15 is 0 Å². The van der Waals surface area contributed by atoms with E-state index in [2.05, 4.69) is 11.8 Å². The van der Waals surface area contributed by atoms with Crippen LogP contribution in [0.5, 0.6) is 0 Å². The largest absolute Gasteiger partial charge is 0.404 e. The summed E-state index contributed by atoms with van der Waals surface area (Å²) in [4.78, 5) is 4.32. The van der Waals surface area contributed by atoms with Gasteiger partial charge in [0.1, 0.15) is 0 Å². The van der Waals surface area contributed by atoms with E-state index in [4.69, 9.17) is 23.2 Å². The maximum atomic E-state index is 12.7. The molecular weight excluding hydrogens is 474 g/mol. The predicted octanol–water partition coefficient (Wildman–Crippen LogP) is 5.11. The Kier molecular flexibility index (Phi) is 7.30. The van der Waals surface area contributed by atoms with Crippen molar-refractivity contribution in [1.29, 1.82) is 0 Å². The van der Waals surface area contributed by atoms with E-state index in [-0.39, 0.29) is 10.7 Å². The van der Waals surface area contributed by atoms with Gasteiger partial charge >= 0.3 is 6.18 Å². The number of sulfonamides is 1. The highest BCUT2D eigenvalue weighted by molar-refractivity contribution is 7.92. The Bertz CT molecular complexity index is 1040. The lowest BCUT2D eigenvalue weighted by atomic mass is 10.0. The molecule has 0 unspecified atom stereocenters. The Hall–Kier alpha value is -1.68. The Balaban J connectivity index is 2.05. The first-order valence-corrected chi connectivity index (χ1v) is 12.0. The minimum Gasteiger partial charge on any atom is -0.369 e. The predicted molar refractivity (Wildman–Crippen MR) is 120 cm³/mol. The topological polar surface area (TPSA) is 52.6 Å². The van der Waals surface area contributed by atoms with Gasteiger partial charge in [-0.2, -0.15) is 13.2 Å². The third kappa shape index (κ3) is 6.19. The molecule has 11 heteroatoms. The van der Waals surface area contributed by atoms with Gasteiger partial charge in [-0.25, -0.2) is 8.42 Å². The van der Waals surface area contributed by atoms with E-state index < -0.39 is 22.0 Å². The molecule has 0 aliphatic carbocycles. The molecule has 1 aliphatic rings. The summed E-state index contributed by atoms with van der Waals surface area (Å²) < 4.78 is 64.4. The number of piperazine rings is 1. The molecular formula is C20H22Cl2F3N3O2S. The SMILES string of the molecule is CCN1CCN(c2cc(NS(=O)(=O)CC(F)(F)F)c(Cl)c(-c3ccccc3Cl)c2)CC1. The van der Waals surface area contributed by atoms with E-state index in [9.17, 15) is 21.6 Å². The molecule has 2 aromatic rings. The monoisotopic (exact) mass is 495 g/mol. The smallest absolute Gasteiger partial charge is 0.369 e. The van der Waals surface area contributed by atoms with Crippen molar-refractivity contribution in [1.82, 2.24) is 4.90 Å². The number of anilines is 2. The number of hydrogen-bond acceptors (Lipinski definition) is 4. The number of alkyl halides is 3. The van der Waals surface area contributed by atoms with Crippen molar-refractivity contribution in [3.8, 4) is 11.1 Å². The van der Waals surface area contributed by atoms with Crippen molar-refractivity contribution in [3.05, 3.63) is 46.4 Å². The summed E-state index contributed by atoms with van der Waals surface area (Å²) in [7, 11) is -4.70. The molecule has 1 fully saturated rings. The molecule has 3 rings (SSSR count). The van der Waals surface area contributed by atoms with Crippen molar-refractivity contribution in [2.24, 2.45) is 0 Å². The lowest BCUT2D eigenvalue weighted by Crippen LogP contribution is -2.46. The van der Waals surface area contributed by atoms with Crippen molar-refractivity contribution in [2.75, 3.05) is 48.1 Å². The molecule has 1 saturated heterocycles. The number of halogens is 5. The Labute approximate surface area is 189 Å². The minimum atomic E-state index is -4.88. The number of nitrogens with one attached hydrogen (secondary N) is 1. The van der Waals surface area contributed by atoms with Crippen LogP contribution in [0.25, 0.3) is 11.1 Å². The summed E-state index contributed by atoms with van der Waals surface area (Å²) in [6.07, 6.45) is -4.88. The first-order chi connectivity index (χ1) is 14.5. The molecule has 170 valence electrons. The highest BCUT2D eigenvalue weighted by Gasteiger charge is 2.35. The molecule has 0 saturated carbocycles. The fourth-order valence-electron chi connectivity index (χ4n) is 3.48. The molecule has 5 nitrogen and oxygen atoms in total. The van der Waals surface area contributed by atoms with Gasteiger partial charge in [-0.05, 0) is 24.7 Å². The van der Waals surface area contributed by atoms with Gasteiger partial charge < -0.3 is 9.80 Å². The maximum Gasteiger partial charge on any atom is 0.404 e. The number of likely N-dealkylation sites (N-methyl/N-ethyl adjacent to an activating group) is 1. The molecule has 0 bridgehead atoms. The number of nitrogens with zero attached hydrogens (tertiary/aromatic N) is 2. The van der Waals surface area contributed by atoms with E-state index in [1.165, 1.54) is 6.07 Å². The molecule has 2 aromatic carbocycles. The zero-order valence-electron chi connectivity index (χ0n) is 16.7. The Morgan fingerprint density at radius 1 is 1.03 bits per heavy atom. The second-order valence-corrected chi connectivity index (χ2v) is 9.74. The van der Waals surface area contributed by atoms with Gasteiger partial charge in [0.25, 0.3) is 0 Å². The molecule has 1 heterocycles. The van der Waals surface area contributed by atoms with Crippen LogP contribution in [0.15, 0.2) is 36.4 Å². The van der Waals surface area contributed by atoms with Gasteiger partial charge in [0.15, 0.2) is 5.75 Å². The van der Waals surface area contributed by atoms with Gasteiger partial charge in [-0.1, -0.05) is 48.3 Å². The Morgan fingerprint density at radius 3 is 2.26 bits per heavy atom. The fraction of sp³-hybridized carbons (Fsp3) is 0.400. The molecule has 0 amide bonds. The van der Waals surface area contributed by atoms with Crippen LogP contribution in [0, 0.1) is 0 Å². The average molecular weight is 496 g/mol. The van der Waals surface area contributed by atoms with E-state index in [0.29, 0.717) is 34.9 Å². The van der Waals surface area contributed by atoms with Crippen LogP contribution in [-0.2, 0) is 10.0 Å². The third-order valence-electron chi connectivity index (χ3n) is 5.03. The second-order valence-electron chi connectivity index (χ2n) is 7.23. The van der Waals surface area contributed by atoms with Gasteiger partial charge in [0.2, 0.25) is 10.0 Å². The van der Waals surface area contributed by atoms with E-state index in [1.54, 1.807) is 30.3 Å². The lowest BCUT2D eigenvalue weighted by Gasteiger charge is -2.36. The third-order valence-corrected chi connectivity index (χ3v) is 7.00.